The summed E-state index contributed by atoms with van der Waals surface area (Å²) in [5.74, 6) is 1.07. The van der Waals surface area contributed by atoms with Crippen LogP contribution in [0, 0.1) is 10.1 Å². The smallest absolute Gasteiger partial charge is 0.295 e. The molecule has 12 heteroatoms. The van der Waals surface area contributed by atoms with Crippen LogP contribution in [0.5, 0.6) is 11.5 Å². The monoisotopic (exact) mass is 518 g/mol. The van der Waals surface area contributed by atoms with Crippen LogP contribution in [0.15, 0.2) is 70.7 Å². The highest BCUT2D eigenvalue weighted by molar-refractivity contribution is 7.92. The lowest BCUT2D eigenvalue weighted by atomic mass is 10.1. The van der Waals surface area contributed by atoms with Crippen LogP contribution in [0.2, 0.25) is 5.02 Å². The summed E-state index contributed by atoms with van der Waals surface area (Å²) in [6.07, 6.45) is 0.508. The average Bonchev–Trinajstić information content (AvgIpc) is 2.85. The second-order valence-electron chi connectivity index (χ2n) is 7.14. The number of hydrogen-bond donors (Lipinski definition) is 2. The number of methoxy groups -OCH3 is 2. The maximum atomic E-state index is 12.7. The Morgan fingerprint density at radius 3 is 2.31 bits per heavy atom. The minimum absolute atomic E-state index is 0.0341. The van der Waals surface area contributed by atoms with E-state index in [0.29, 0.717) is 28.7 Å². The van der Waals surface area contributed by atoms with Crippen LogP contribution >= 0.6 is 11.6 Å². The number of hydrogen-bond acceptors (Lipinski definition) is 8. The Hall–Kier alpha value is -3.83. The highest BCUT2D eigenvalue weighted by Crippen LogP contribution is 2.30. The van der Waals surface area contributed by atoms with Gasteiger partial charge in [-0.3, -0.25) is 20.3 Å². The zero-order valence-corrected chi connectivity index (χ0v) is 20.7. The van der Waals surface area contributed by atoms with Crippen LogP contribution in [0.3, 0.4) is 0 Å². The molecule has 0 unspecified atom stereocenters. The summed E-state index contributed by atoms with van der Waals surface area (Å²) >= 11 is 5.82. The van der Waals surface area contributed by atoms with Crippen molar-refractivity contribution in [3.63, 3.8) is 0 Å². The molecule has 0 saturated carbocycles. The van der Waals surface area contributed by atoms with Gasteiger partial charge < -0.3 is 9.47 Å². The first kappa shape index (κ1) is 25.8. The van der Waals surface area contributed by atoms with Crippen LogP contribution in [-0.2, 0) is 10.0 Å². The minimum Gasteiger partial charge on any atom is -0.493 e. The van der Waals surface area contributed by atoms with Crippen molar-refractivity contribution in [1.82, 2.24) is 0 Å². The third-order valence-electron chi connectivity index (χ3n) is 4.94. The van der Waals surface area contributed by atoms with Crippen molar-refractivity contribution in [2.24, 2.45) is 5.10 Å². The number of hydrazone groups is 1. The first-order chi connectivity index (χ1) is 16.7. The molecule has 0 heterocycles. The molecule has 0 spiro atoms. The highest BCUT2D eigenvalue weighted by atomic mass is 35.5. The Labute approximate surface area is 207 Å². The first-order valence-electron chi connectivity index (χ1n) is 10.3. The van der Waals surface area contributed by atoms with Gasteiger partial charge in [-0.1, -0.05) is 18.5 Å². The second kappa shape index (κ2) is 11.1. The first-order valence-corrected chi connectivity index (χ1v) is 12.2. The Bertz CT molecular complexity index is 1360. The van der Waals surface area contributed by atoms with Gasteiger partial charge in [-0.15, -0.1) is 0 Å². The van der Waals surface area contributed by atoms with E-state index in [-0.39, 0.29) is 16.3 Å². The molecule has 0 aliphatic carbocycles. The molecule has 0 aromatic heterocycles. The molecule has 3 aromatic rings. The molecular formula is C23H23ClN4O6S. The lowest BCUT2D eigenvalue weighted by Gasteiger charge is -2.12. The fraction of sp³-hybridized carbons (Fsp3) is 0.174. The topological polar surface area (TPSA) is 132 Å². The number of halogens is 1. The number of ether oxygens (including phenoxy) is 2. The van der Waals surface area contributed by atoms with E-state index in [0.717, 1.165) is 11.6 Å². The van der Waals surface area contributed by atoms with Gasteiger partial charge in [0.25, 0.3) is 15.7 Å². The number of nitro groups is 1. The molecule has 0 saturated heterocycles. The van der Waals surface area contributed by atoms with Gasteiger partial charge in [0.15, 0.2) is 11.5 Å². The number of nitrogens with zero attached hydrogens (tertiary/aromatic N) is 2. The van der Waals surface area contributed by atoms with E-state index in [9.17, 15) is 18.5 Å². The van der Waals surface area contributed by atoms with Gasteiger partial charge in [0.1, 0.15) is 5.69 Å². The standard InChI is InChI=1S/C23H23ClN4O6S/c1-4-19(15-5-12-22(33-2)23(13-15)34-3)25-26-20-11-10-18(14-21(20)28(29)30)35(31,32)27-17-8-6-16(24)7-9-17/h5-14,26-27H,4H2,1-3H3. The highest BCUT2D eigenvalue weighted by Gasteiger charge is 2.22. The summed E-state index contributed by atoms with van der Waals surface area (Å²) in [5.41, 5.74) is 3.87. The van der Waals surface area contributed by atoms with E-state index < -0.39 is 20.6 Å². The third-order valence-corrected chi connectivity index (χ3v) is 6.57. The molecule has 10 nitrogen and oxygen atoms in total. The Morgan fingerprint density at radius 1 is 1.03 bits per heavy atom. The van der Waals surface area contributed by atoms with Crippen LogP contribution in [0.25, 0.3) is 0 Å². The van der Waals surface area contributed by atoms with Crippen LogP contribution in [0.4, 0.5) is 17.1 Å². The van der Waals surface area contributed by atoms with E-state index in [1.807, 2.05) is 6.92 Å². The number of sulfonamides is 1. The maximum Gasteiger partial charge on any atom is 0.295 e. The van der Waals surface area contributed by atoms with Gasteiger partial charge in [-0.25, -0.2) is 8.42 Å². The summed E-state index contributed by atoms with van der Waals surface area (Å²) in [6, 6.07) is 14.8. The van der Waals surface area contributed by atoms with Crippen molar-refractivity contribution in [2.45, 2.75) is 18.2 Å². The van der Waals surface area contributed by atoms with Crippen molar-refractivity contribution >= 4 is 44.4 Å². The molecule has 0 atom stereocenters. The van der Waals surface area contributed by atoms with E-state index in [1.165, 1.54) is 50.6 Å². The molecule has 3 rings (SSSR count). The molecular weight excluding hydrogens is 496 g/mol. The quantitative estimate of drug-likeness (QED) is 0.211. The van der Waals surface area contributed by atoms with E-state index in [4.69, 9.17) is 21.1 Å². The molecule has 0 aliphatic heterocycles. The van der Waals surface area contributed by atoms with Crippen molar-refractivity contribution < 1.29 is 22.8 Å². The molecule has 0 radical (unpaired) electrons. The van der Waals surface area contributed by atoms with Crippen LogP contribution in [-0.4, -0.2) is 33.3 Å². The van der Waals surface area contributed by atoms with Gasteiger partial charge in [-0.2, -0.15) is 5.10 Å². The van der Waals surface area contributed by atoms with Crippen molar-refractivity contribution in [3.8, 4) is 11.5 Å². The van der Waals surface area contributed by atoms with Gasteiger partial charge in [0.05, 0.1) is 29.8 Å². The van der Waals surface area contributed by atoms with Crippen molar-refractivity contribution in [3.05, 3.63) is 81.4 Å². The summed E-state index contributed by atoms with van der Waals surface area (Å²) in [6.45, 7) is 1.88. The van der Waals surface area contributed by atoms with Gasteiger partial charge in [-0.05, 0) is 61.0 Å². The number of nitro benzene ring substituents is 1. The van der Waals surface area contributed by atoms with E-state index in [2.05, 4.69) is 15.2 Å². The molecule has 0 amide bonds. The fourth-order valence-electron chi connectivity index (χ4n) is 3.15. The zero-order valence-electron chi connectivity index (χ0n) is 19.1. The summed E-state index contributed by atoms with van der Waals surface area (Å²) in [4.78, 5) is 10.7. The molecule has 0 bridgehead atoms. The molecule has 3 aromatic carbocycles. The number of nitrogens with one attached hydrogen (secondary N) is 2. The van der Waals surface area contributed by atoms with Gasteiger partial charge in [0.2, 0.25) is 0 Å². The van der Waals surface area contributed by atoms with Crippen molar-refractivity contribution in [1.29, 1.82) is 0 Å². The SMILES string of the molecule is CCC(=NNc1ccc(S(=O)(=O)Nc2ccc(Cl)cc2)cc1[N+](=O)[O-])c1ccc(OC)c(OC)c1. The van der Waals surface area contributed by atoms with Crippen LogP contribution < -0.4 is 19.6 Å². The Morgan fingerprint density at radius 2 is 1.71 bits per heavy atom. The van der Waals surface area contributed by atoms with Gasteiger partial charge >= 0.3 is 0 Å². The van der Waals surface area contributed by atoms with E-state index in [1.54, 1.807) is 18.2 Å². The Balaban J connectivity index is 1.90. The Kier molecular flexibility index (Phi) is 8.15. The molecule has 184 valence electrons. The van der Waals surface area contributed by atoms with Crippen LogP contribution in [0.1, 0.15) is 18.9 Å². The number of rotatable bonds is 10. The largest absolute Gasteiger partial charge is 0.493 e. The third kappa shape index (κ3) is 6.19. The summed E-state index contributed by atoms with van der Waals surface area (Å²) in [7, 11) is -1.03. The lowest BCUT2D eigenvalue weighted by molar-refractivity contribution is -0.384. The number of benzene rings is 3. The molecule has 0 fully saturated rings. The predicted molar refractivity (Wildman–Crippen MR) is 135 cm³/mol. The summed E-state index contributed by atoms with van der Waals surface area (Å²) < 4.78 is 38.4. The second-order valence-corrected chi connectivity index (χ2v) is 9.26. The average molecular weight is 519 g/mol. The maximum absolute atomic E-state index is 12.7. The normalized spacial score (nSPS) is 11.6. The predicted octanol–water partition coefficient (Wildman–Crippen LogP) is 5.29. The summed E-state index contributed by atoms with van der Waals surface area (Å²) in [5, 5.41) is 16.4. The number of anilines is 2. The molecule has 2 N–H and O–H groups in total. The minimum atomic E-state index is -4.08. The van der Waals surface area contributed by atoms with Crippen molar-refractivity contribution in [2.75, 3.05) is 24.4 Å². The molecule has 0 aliphatic rings. The zero-order chi connectivity index (χ0) is 25.6. The van der Waals surface area contributed by atoms with Gasteiger partial charge in [0, 0.05) is 22.3 Å². The van der Waals surface area contributed by atoms with E-state index >= 15 is 0 Å². The molecule has 35 heavy (non-hydrogen) atoms. The fourth-order valence-corrected chi connectivity index (χ4v) is 4.35. The lowest BCUT2D eigenvalue weighted by Crippen LogP contribution is -2.13.